The van der Waals surface area contributed by atoms with E-state index in [9.17, 15) is 0 Å². The lowest BCUT2D eigenvalue weighted by atomic mass is 10.2. The lowest BCUT2D eigenvalue weighted by Gasteiger charge is -2.14. The molecule has 3 heteroatoms. The van der Waals surface area contributed by atoms with Crippen molar-refractivity contribution in [3.63, 3.8) is 0 Å². The Morgan fingerprint density at radius 3 is 2.65 bits per heavy atom. The van der Waals surface area contributed by atoms with Crippen LogP contribution in [0, 0.1) is 11.8 Å². The summed E-state index contributed by atoms with van der Waals surface area (Å²) in [4.78, 5) is 1.25. The van der Waals surface area contributed by atoms with Gasteiger partial charge in [0.25, 0.3) is 0 Å². The average molecular weight is 268 g/mol. The summed E-state index contributed by atoms with van der Waals surface area (Å²) in [6, 6.07) is 8.42. The average Bonchev–Trinajstić information content (AvgIpc) is 2.35. The molecule has 1 unspecified atom stereocenters. The Kier molecular flexibility index (Phi) is 7.19. The van der Waals surface area contributed by atoms with Crippen molar-refractivity contribution in [2.24, 2.45) is 0 Å². The van der Waals surface area contributed by atoms with Crippen LogP contribution in [0.5, 0.6) is 0 Å². The molecule has 0 aromatic heterocycles. The van der Waals surface area contributed by atoms with Gasteiger partial charge in [-0.2, -0.15) is 0 Å². The normalized spacial score (nSPS) is 11.7. The van der Waals surface area contributed by atoms with Gasteiger partial charge < -0.3 is 5.32 Å². The highest BCUT2D eigenvalue weighted by molar-refractivity contribution is 7.99. The molecule has 0 amide bonds. The van der Waals surface area contributed by atoms with E-state index in [2.05, 4.69) is 36.2 Å². The maximum Gasteiger partial charge on any atom is 0.0406 e. The number of nitrogens with one attached hydrogen (secondary N) is 1. The molecular weight excluding hydrogens is 250 g/mol. The van der Waals surface area contributed by atoms with Crippen molar-refractivity contribution >= 4 is 23.4 Å². The first-order chi connectivity index (χ1) is 8.26. The predicted octanol–water partition coefficient (Wildman–Crippen LogP) is 3.82. The molecule has 0 heterocycles. The Hall–Kier alpha value is -0.620. The van der Waals surface area contributed by atoms with Gasteiger partial charge in [0.2, 0.25) is 0 Å². The van der Waals surface area contributed by atoms with Gasteiger partial charge in [0.15, 0.2) is 0 Å². The quantitative estimate of drug-likeness (QED) is 0.621. The van der Waals surface area contributed by atoms with Crippen LogP contribution >= 0.6 is 23.4 Å². The van der Waals surface area contributed by atoms with Crippen molar-refractivity contribution in [2.45, 2.75) is 31.2 Å². The third-order valence-corrected chi connectivity index (χ3v) is 3.71. The second-order valence-electron chi connectivity index (χ2n) is 3.65. The molecule has 17 heavy (non-hydrogen) atoms. The van der Waals surface area contributed by atoms with Gasteiger partial charge in [-0.1, -0.05) is 18.5 Å². The molecule has 0 aliphatic carbocycles. The number of thioether (sulfide) groups is 1. The Bertz CT molecular complexity index is 377. The number of benzene rings is 1. The number of hydrogen-bond acceptors (Lipinski definition) is 2. The number of halogens is 1. The summed E-state index contributed by atoms with van der Waals surface area (Å²) < 4.78 is 0. The molecule has 0 spiro atoms. The molecule has 1 atom stereocenters. The molecule has 1 nitrogen and oxygen atoms in total. The minimum atomic E-state index is 0.452. The molecule has 0 saturated carbocycles. The Labute approximate surface area is 113 Å². The maximum atomic E-state index is 5.85. The van der Waals surface area contributed by atoms with Crippen LogP contribution in [0.15, 0.2) is 29.2 Å². The van der Waals surface area contributed by atoms with Crippen molar-refractivity contribution in [3.8, 4) is 11.8 Å². The first-order valence-electron chi connectivity index (χ1n) is 5.77. The van der Waals surface area contributed by atoms with Gasteiger partial charge in [-0.3, -0.25) is 0 Å². The van der Waals surface area contributed by atoms with E-state index in [1.165, 1.54) is 4.90 Å². The summed E-state index contributed by atoms with van der Waals surface area (Å²) in [6.45, 7) is 4.99. The van der Waals surface area contributed by atoms with E-state index in [4.69, 9.17) is 11.6 Å². The van der Waals surface area contributed by atoms with E-state index >= 15 is 0 Å². The van der Waals surface area contributed by atoms with Gasteiger partial charge in [-0.25, -0.2) is 0 Å². The van der Waals surface area contributed by atoms with Crippen molar-refractivity contribution in [2.75, 3.05) is 12.3 Å². The van der Waals surface area contributed by atoms with Gasteiger partial charge in [-0.05, 0) is 37.7 Å². The fraction of sp³-hybridized carbons (Fsp3) is 0.429. The summed E-state index contributed by atoms with van der Waals surface area (Å²) >= 11 is 7.69. The van der Waals surface area contributed by atoms with Crippen LogP contribution in [0.2, 0.25) is 5.02 Å². The highest BCUT2D eigenvalue weighted by Crippen LogP contribution is 2.21. The van der Waals surface area contributed by atoms with Crippen LogP contribution < -0.4 is 5.32 Å². The van der Waals surface area contributed by atoms with Gasteiger partial charge >= 0.3 is 0 Å². The Morgan fingerprint density at radius 1 is 1.35 bits per heavy atom. The number of hydrogen-bond donors (Lipinski definition) is 1. The zero-order valence-corrected chi connectivity index (χ0v) is 11.9. The van der Waals surface area contributed by atoms with E-state index in [0.717, 1.165) is 23.7 Å². The Morgan fingerprint density at radius 2 is 2.06 bits per heavy atom. The minimum Gasteiger partial charge on any atom is -0.312 e. The molecule has 0 aliphatic heterocycles. The van der Waals surface area contributed by atoms with Gasteiger partial charge in [0.1, 0.15) is 0 Å². The highest BCUT2D eigenvalue weighted by Gasteiger charge is 2.06. The third kappa shape index (κ3) is 6.02. The predicted molar refractivity (Wildman–Crippen MR) is 77.7 cm³/mol. The molecule has 0 radical (unpaired) electrons. The second-order valence-corrected chi connectivity index (χ2v) is 5.18. The van der Waals surface area contributed by atoms with Gasteiger partial charge in [0, 0.05) is 28.1 Å². The summed E-state index contributed by atoms with van der Waals surface area (Å²) in [5, 5.41) is 4.24. The smallest absolute Gasteiger partial charge is 0.0406 e. The van der Waals surface area contributed by atoms with Crippen molar-refractivity contribution in [1.29, 1.82) is 0 Å². The van der Waals surface area contributed by atoms with E-state index in [-0.39, 0.29) is 0 Å². The molecule has 1 rings (SSSR count). The molecule has 0 fully saturated rings. The fourth-order valence-electron chi connectivity index (χ4n) is 1.43. The Balaban J connectivity index is 2.44. The van der Waals surface area contributed by atoms with E-state index in [0.29, 0.717) is 6.04 Å². The zero-order chi connectivity index (χ0) is 12.5. The standard InChI is InChI=1S/C14H18ClNS/c1-3-5-6-13(16-4-2)11-17-14-9-7-12(15)8-10-14/h7-10,13,16H,4,6,11H2,1-2H3. The molecule has 1 aromatic carbocycles. The second kappa shape index (κ2) is 8.47. The molecule has 92 valence electrons. The summed E-state index contributed by atoms with van der Waals surface area (Å²) in [7, 11) is 0. The van der Waals surface area contributed by atoms with Crippen LogP contribution in [-0.2, 0) is 0 Å². The molecule has 0 aliphatic rings. The van der Waals surface area contributed by atoms with Crippen molar-refractivity contribution < 1.29 is 0 Å². The van der Waals surface area contributed by atoms with E-state index in [1.807, 2.05) is 30.8 Å². The van der Waals surface area contributed by atoms with Crippen LogP contribution in [0.1, 0.15) is 20.3 Å². The maximum absolute atomic E-state index is 5.85. The lowest BCUT2D eigenvalue weighted by molar-refractivity contribution is 0.588. The topological polar surface area (TPSA) is 12.0 Å². The molecular formula is C14H18ClNS. The molecule has 1 N–H and O–H groups in total. The van der Waals surface area contributed by atoms with Crippen molar-refractivity contribution in [3.05, 3.63) is 29.3 Å². The van der Waals surface area contributed by atoms with Gasteiger partial charge in [0.05, 0.1) is 0 Å². The monoisotopic (exact) mass is 267 g/mol. The molecule has 0 saturated heterocycles. The number of rotatable bonds is 6. The van der Waals surface area contributed by atoms with Crippen LogP contribution in [0.3, 0.4) is 0 Å². The van der Waals surface area contributed by atoms with E-state index in [1.54, 1.807) is 0 Å². The third-order valence-electron chi connectivity index (χ3n) is 2.28. The van der Waals surface area contributed by atoms with E-state index < -0.39 is 0 Å². The van der Waals surface area contributed by atoms with Crippen LogP contribution in [0.4, 0.5) is 0 Å². The largest absolute Gasteiger partial charge is 0.312 e. The first-order valence-corrected chi connectivity index (χ1v) is 7.14. The highest BCUT2D eigenvalue weighted by atomic mass is 35.5. The minimum absolute atomic E-state index is 0.452. The zero-order valence-electron chi connectivity index (χ0n) is 10.3. The van der Waals surface area contributed by atoms with Crippen molar-refractivity contribution in [1.82, 2.24) is 5.32 Å². The molecule has 1 aromatic rings. The lowest BCUT2D eigenvalue weighted by Crippen LogP contribution is -2.30. The summed E-state index contributed by atoms with van der Waals surface area (Å²) in [5.74, 6) is 7.11. The fourth-order valence-corrected chi connectivity index (χ4v) is 2.52. The summed E-state index contributed by atoms with van der Waals surface area (Å²) in [5.41, 5.74) is 0. The molecule has 0 bridgehead atoms. The SMILES string of the molecule is CC#CCC(CSc1ccc(Cl)cc1)NCC. The van der Waals surface area contributed by atoms with Crippen LogP contribution in [0.25, 0.3) is 0 Å². The summed E-state index contributed by atoms with van der Waals surface area (Å²) in [6.07, 6.45) is 0.908. The van der Waals surface area contributed by atoms with Crippen LogP contribution in [-0.4, -0.2) is 18.3 Å². The first kappa shape index (κ1) is 14.4. The van der Waals surface area contributed by atoms with Gasteiger partial charge in [-0.15, -0.1) is 23.6 Å².